The maximum Gasteiger partial charge on any atom is 0.340 e. The molecule has 148 valence electrons. The Bertz CT molecular complexity index is 977. The molecule has 6 nitrogen and oxygen atoms in total. The van der Waals surface area contributed by atoms with Crippen molar-refractivity contribution in [1.82, 2.24) is 0 Å². The third kappa shape index (κ3) is 3.78. The first-order valence-corrected chi connectivity index (χ1v) is 8.87. The molecule has 0 bridgehead atoms. The number of carboxylic acids is 1. The second kappa shape index (κ2) is 8.48. The number of rotatable bonds is 7. The summed E-state index contributed by atoms with van der Waals surface area (Å²) in [5, 5.41) is 20.7. The van der Waals surface area contributed by atoms with Crippen LogP contribution in [0.4, 0.5) is 0 Å². The Labute approximate surface area is 168 Å². The standard InChI is InChI=1S/C23H21NO5/c1-28-19-13-16(21(25)20(14-19)29-2)15-24-23(22(26)27,17-9-5-3-6-10-17)18-11-7-4-8-12-18/h3-15,25H,1-2H3,(H,26,27)/b24-15+. The normalized spacial score (nSPS) is 11.4. The number of hydrogen-bond donors (Lipinski definition) is 2. The van der Waals surface area contributed by atoms with Crippen LogP contribution in [0.15, 0.2) is 77.8 Å². The third-order valence-electron chi connectivity index (χ3n) is 4.62. The number of phenols is 1. The van der Waals surface area contributed by atoms with Gasteiger partial charge in [-0.05, 0) is 17.2 Å². The molecule has 0 aromatic heterocycles. The molecule has 0 fully saturated rings. The van der Waals surface area contributed by atoms with Gasteiger partial charge in [0.1, 0.15) is 5.75 Å². The molecule has 2 N–H and O–H groups in total. The number of nitrogens with zero attached hydrogens (tertiary/aromatic N) is 1. The fourth-order valence-corrected chi connectivity index (χ4v) is 3.12. The summed E-state index contributed by atoms with van der Waals surface area (Å²) >= 11 is 0. The number of ether oxygens (including phenoxy) is 2. The predicted octanol–water partition coefficient (Wildman–Crippen LogP) is 3.86. The van der Waals surface area contributed by atoms with Crippen molar-refractivity contribution in [3.05, 3.63) is 89.5 Å². The van der Waals surface area contributed by atoms with E-state index in [4.69, 9.17) is 9.47 Å². The van der Waals surface area contributed by atoms with Gasteiger partial charge in [0.05, 0.1) is 14.2 Å². The van der Waals surface area contributed by atoms with Gasteiger partial charge < -0.3 is 19.7 Å². The Morgan fingerprint density at radius 3 is 1.93 bits per heavy atom. The van der Waals surface area contributed by atoms with Crippen LogP contribution >= 0.6 is 0 Å². The number of aromatic hydroxyl groups is 1. The maximum atomic E-state index is 12.5. The highest BCUT2D eigenvalue weighted by molar-refractivity contribution is 5.92. The quantitative estimate of drug-likeness (QED) is 0.597. The van der Waals surface area contributed by atoms with Crippen molar-refractivity contribution in [2.45, 2.75) is 5.54 Å². The van der Waals surface area contributed by atoms with Crippen LogP contribution in [-0.4, -0.2) is 36.6 Å². The first kappa shape index (κ1) is 19.9. The summed E-state index contributed by atoms with van der Waals surface area (Å²) in [7, 11) is 2.91. The van der Waals surface area contributed by atoms with Crippen molar-refractivity contribution >= 4 is 12.2 Å². The number of benzene rings is 3. The monoisotopic (exact) mass is 391 g/mol. The summed E-state index contributed by atoms with van der Waals surface area (Å²) in [5.74, 6) is -0.648. The summed E-state index contributed by atoms with van der Waals surface area (Å²) < 4.78 is 10.4. The molecule has 0 amide bonds. The molecule has 0 radical (unpaired) electrons. The molecule has 0 aliphatic rings. The fourth-order valence-electron chi connectivity index (χ4n) is 3.12. The van der Waals surface area contributed by atoms with Crippen LogP contribution in [0.2, 0.25) is 0 Å². The van der Waals surface area contributed by atoms with Gasteiger partial charge in [-0.1, -0.05) is 60.7 Å². The van der Waals surface area contributed by atoms with Crippen LogP contribution in [0.5, 0.6) is 17.2 Å². The SMILES string of the molecule is COc1cc(/C=N/C(C(=O)O)(c2ccccc2)c2ccccc2)c(O)c(OC)c1. The van der Waals surface area contributed by atoms with Crippen LogP contribution in [-0.2, 0) is 10.3 Å². The molecule has 0 aliphatic heterocycles. The molecule has 3 rings (SSSR count). The van der Waals surface area contributed by atoms with Gasteiger partial charge in [0.15, 0.2) is 11.5 Å². The lowest BCUT2D eigenvalue weighted by atomic mass is 9.83. The summed E-state index contributed by atoms with van der Waals surface area (Å²) in [4.78, 5) is 17.0. The minimum absolute atomic E-state index is 0.155. The minimum atomic E-state index is -1.69. The molecule has 0 spiro atoms. The maximum absolute atomic E-state index is 12.5. The van der Waals surface area contributed by atoms with Crippen LogP contribution < -0.4 is 9.47 Å². The van der Waals surface area contributed by atoms with Crippen molar-refractivity contribution < 1.29 is 24.5 Å². The van der Waals surface area contributed by atoms with Crippen molar-refractivity contribution in [1.29, 1.82) is 0 Å². The molecule has 0 saturated heterocycles. The highest BCUT2D eigenvalue weighted by atomic mass is 16.5. The largest absolute Gasteiger partial charge is 0.504 e. The first-order chi connectivity index (χ1) is 14.0. The van der Waals surface area contributed by atoms with E-state index in [1.54, 1.807) is 54.6 Å². The molecule has 6 heteroatoms. The van der Waals surface area contributed by atoms with Gasteiger partial charge in [0.25, 0.3) is 0 Å². The number of hydrogen-bond acceptors (Lipinski definition) is 5. The molecular weight excluding hydrogens is 370 g/mol. The van der Waals surface area contributed by atoms with E-state index in [-0.39, 0.29) is 17.1 Å². The van der Waals surface area contributed by atoms with Crippen molar-refractivity contribution in [2.75, 3.05) is 14.2 Å². The smallest absolute Gasteiger partial charge is 0.340 e. The Morgan fingerprint density at radius 1 is 0.931 bits per heavy atom. The fraction of sp³-hybridized carbons (Fsp3) is 0.130. The molecule has 0 heterocycles. The average Bonchev–Trinajstić information content (AvgIpc) is 2.76. The number of phenolic OH excluding ortho intramolecular Hbond substituents is 1. The van der Waals surface area contributed by atoms with Gasteiger partial charge in [-0.25, -0.2) is 4.79 Å². The number of carbonyl (C=O) groups is 1. The van der Waals surface area contributed by atoms with E-state index in [9.17, 15) is 15.0 Å². The second-order valence-electron chi connectivity index (χ2n) is 6.27. The molecule has 3 aromatic carbocycles. The summed E-state index contributed by atoms with van der Waals surface area (Å²) in [6.45, 7) is 0. The van der Waals surface area contributed by atoms with E-state index in [2.05, 4.69) is 4.99 Å². The summed E-state index contributed by atoms with van der Waals surface area (Å²) in [5.41, 5.74) is -0.432. The van der Waals surface area contributed by atoms with Gasteiger partial charge in [0, 0.05) is 17.8 Å². The Morgan fingerprint density at radius 2 is 1.48 bits per heavy atom. The van der Waals surface area contributed by atoms with Crippen molar-refractivity contribution in [3.63, 3.8) is 0 Å². The Kier molecular flexibility index (Phi) is 5.83. The predicted molar refractivity (Wildman–Crippen MR) is 110 cm³/mol. The van der Waals surface area contributed by atoms with Crippen molar-refractivity contribution in [2.24, 2.45) is 4.99 Å². The lowest BCUT2D eigenvalue weighted by Crippen LogP contribution is -2.35. The van der Waals surface area contributed by atoms with E-state index in [0.717, 1.165) is 0 Å². The van der Waals surface area contributed by atoms with Crippen LogP contribution in [0.25, 0.3) is 0 Å². The Hall–Kier alpha value is -3.80. The highest BCUT2D eigenvalue weighted by Gasteiger charge is 2.41. The minimum Gasteiger partial charge on any atom is -0.504 e. The van der Waals surface area contributed by atoms with E-state index in [0.29, 0.717) is 16.9 Å². The van der Waals surface area contributed by atoms with Crippen molar-refractivity contribution in [3.8, 4) is 17.2 Å². The topological polar surface area (TPSA) is 88.4 Å². The number of aliphatic carboxylic acids is 1. The van der Waals surface area contributed by atoms with Crippen LogP contribution in [0.3, 0.4) is 0 Å². The molecule has 3 aromatic rings. The Balaban J connectivity index is 2.23. The zero-order valence-corrected chi connectivity index (χ0v) is 16.1. The molecule has 29 heavy (non-hydrogen) atoms. The van der Waals surface area contributed by atoms with Gasteiger partial charge >= 0.3 is 5.97 Å². The molecule has 0 atom stereocenters. The number of carboxylic acid groups (broad SMARTS) is 1. The molecular formula is C23H21NO5. The van der Waals surface area contributed by atoms with Gasteiger partial charge in [-0.2, -0.15) is 0 Å². The van der Waals surface area contributed by atoms with E-state index < -0.39 is 11.5 Å². The first-order valence-electron chi connectivity index (χ1n) is 8.87. The lowest BCUT2D eigenvalue weighted by Gasteiger charge is -2.26. The van der Waals surface area contributed by atoms with Crippen LogP contribution in [0.1, 0.15) is 16.7 Å². The molecule has 0 unspecified atom stereocenters. The van der Waals surface area contributed by atoms with E-state index in [1.165, 1.54) is 26.5 Å². The van der Waals surface area contributed by atoms with Gasteiger partial charge in [-0.15, -0.1) is 0 Å². The molecule has 0 saturated carbocycles. The zero-order chi connectivity index (χ0) is 20.9. The highest BCUT2D eigenvalue weighted by Crippen LogP contribution is 2.37. The van der Waals surface area contributed by atoms with Crippen LogP contribution in [0, 0.1) is 0 Å². The lowest BCUT2D eigenvalue weighted by molar-refractivity contribution is -0.141. The number of aliphatic imine (C=N–C) groups is 1. The average molecular weight is 391 g/mol. The zero-order valence-electron chi connectivity index (χ0n) is 16.1. The summed E-state index contributed by atoms with van der Waals surface area (Å²) in [6.07, 6.45) is 1.33. The number of methoxy groups -OCH3 is 2. The third-order valence-corrected chi connectivity index (χ3v) is 4.62. The van der Waals surface area contributed by atoms with Gasteiger partial charge in [0.2, 0.25) is 5.54 Å². The molecule has 0 aliphatic carbocycles. The summed E-state index contributed by atoms with van der Waals surface area (Å²) in [6, 6.07) is 20.6. The van der Waals surface area contributed by atoms with E-state index in [1.807, 2.05) is 12.1 Å². The van der Waals surface area contributed by atoms with E-state index >= 15 is 0 Å². The van der Waals surface area contributed by atoms with Gasteiger partial charge in [-0.3, -0.25) is 4.99 Å². The second-order valence-corrected chi connectivity index (χ2v) is 6.27.